The molecule has 0 unspecified atom stereocenters. The summed E-state index contributed by atoms with van der Waals surface area (Å²) in [5, 5.41) is 2.97. The number of likely N-dealkylation sites (tertiary alicyclic amines) is 1. The molecule has 0 atom stereocenters. The number of aromatic nitrogens is 1. The topological polar surface area (TPSA) is 66.5 Å². The number of hydrogen-bond acceptors (Lipinski definition) is 3. The van der Waals surface area contributed by atoms with Gasteiger partial charge in [0.05, 0.1) is 5.56 Å². The molecule has 0 spiro atoms. The lowest BCUT2D eigenvalue weighted by molar-refractivity contribution is -0.137. The van der Waals surface area contributed by atoms with Crippen LogP contribution < -0.4 is 11.1 Å². The average molecular weight is 329 g/mol. The Hall–Kier alpha value is -1.99. The lowest BCUT2D eigenvalue weighted by Gasteiger charge is -2.27. The van der Waals surface area contributed by atoms with Crippen LogP contribution in [0.5, 0.6) is 0 Å². The monoisotopic (exact) mass is 329 g/mol. The minimum Gasteiger partial charge on any atom is -0.370 e. The van der Waals surface area contributed by atoms with E-state index in [1.807, 2.05) is 0 Å². The van der Waals surface area contributed by atoms with E-state index in [-0.39, 0.29) is 0 Å². The molecular formula is C15H22F3N5. The van der Waals surface area contributed by atoms with Crippen LogP contribution in [0, 0.1) is 0 Å². The zero-order valence-electron chi connectivity index (χ0n) is 12.9. The van der Waals surface area contributed by atoms with E-state index in [1.54, 1.807) is 0 Å². The molecule has 1 fully saturated rings. The number of anilines is 1. The van der Waals surface area contributed by atoms with Crippen molar-refractivity contribution in [1.82, 2.24) is 9.88 Å². The molecule has 2 rings (SSSR count). The number of rotatable bonds is 5. The summed E-state index contributed by atoms with van der Waals surface area (Å²) < 4.78 is 37.2. The number of alkyl halides is 3. The first-order valence-electron chi connectivity index (χ1n) is 7.79. The SMILES string of the molecule is NC(=NCCCNc1ccc(C(F)(F)F)cn1)N1CCCCC1. The van der Waals surface area contributed by atoms with Gasteiger partial charge in [-0.25, -0.2) is 4.98 Å². The molecule has 0 amide bonds. The van der Waals surface area contributed by atoms with Gasteiger partial charge in [0.15, 0.2) is 5.96 Å². The van der Waals surface area contributed by atoms with Crippen LogP contribution in [0.1, 0.15) is 31.2 Å². The van der Waals surface area contributed by atoms with Crippen LogP contribution in [-0.4, -0.2) is 42.0 Å². The summed E-state index contributed by atoms with van der Waals surface area (Å²) in [6, 6.07) is 2.34. The minimum absolute atomic E-state index is 0.422. The maximum Gasteiger partial charge on any atom is 0.417 e. The molecular weight excluding hydrogens is 307 g/mol. The first-order chi connectivity index (χ1) is 11.0. The van der Waals surface area contributed by atoms with Gasteiger partial charge in [-0.05, 0) is 37.8 Å². The first kappa shape index (κ1) is 17.4. The van der Waals surface area contributed by atoms with Crippen LogP contribution in [0.25, 0.3) is 0 Å². The van der Waals surface area contributed by atoms with Crippen molar-refractivity contribution in [3.05, 3.63) is 23.9 Å². The lowest BCUT2D eigenvalue weighted by Crippen LogP contribution is -2.40. The Kier molecular flexibility index (Phi) is 6.06. The zero-order valence-corrected chi connectivity index (χ0v) is 12.9. The van der Waals surface area contributed by atoms with E-state index in [2.05, 4.69) is 20.2 Å². The maximum absolute atomic E-state index is 12.4. The number of halogens is 3. The molecule has 1 aliphatic heterocycles. The number of nitrogens with two attached hydrogens (primary N) is 1. The van der Waals surface area contributed by atoms with Gasteiger partial charge < -0.3 is 16.0 Å². The van der Waals surface area contributed by atoms with E-state index in [0.29, 0.717) is 24.9 Å². The number of pyridine rings is 1. The van der Waals surface area contributed by atoms with Crippen molar-refractivity contribution in [1.29, 1.82) is 0 Å². The first-order valence-corrected chi connectivity index (χ1v) is 7.79. The average Bonchev–Trinajstić information content (AvgIpc) is 2.55. The summed E-state index contributed by atoms with van der Waals surface area (Å²) in [6.07, 6.45) is 0.751. The highest BCUT2D eigenvalue weighted by Gasteiger charge is 2.30. The van der Waals surface area contributed by atoms with E-state index in [4.69, 9.17) is 5.73 Å². The maximum atomic E-state index is 12.4. The number of nitrogens with zero attached hydrogens (tertiary/aromatic N) is 3. The van der Waals surface area contributed by atoms with Crippen molar-refractivity contribution >= 4 is 11.8 Å². The summed E-state index contributed by atoms with van der Waals surface area (Å²) in [4.78, 5) is 10.2. The molecule has 0 saturated carbocycles. The largest absolute Gasteiger partial charge is 0.417 e. The summed E-state index contributed by atoms with van der Waals surface area (Å²) in [5.41, 5.74) is 5.19. The molecule has 3 N–H and O–H groups in total. The van der Waals surface area contributed by atoms with Crippen LogP contribution in [0.2, 0.25) is 0 Å². The van der Waals surface area contributed by atoms with E-state index in [0.717, 1.165) is 44.6 Å². The predicted octanol–water partition coefficient (Wildman–Crippen LogP) is 2.70. The Morgan fingerprint density at radius 1 is 1.26 bits per heavy atom. The van der Waals surface area contributed by atoms with Gasteiger partial charge in [0.1, 0.15) is 5.82 Å². The fourth-order valence-electron chi connectivity index (χ4n) is 2.38. The van der Waals surface area contributed by atoms with Gasteiger partial charge in [-0.1, -0.05) is 0 Å². The van der Waals surface area contributed by atoms with Crippen molar-refractivity contribution in [2.24, 2.45) is 10.7 Å². The third-order valence-corrected chi connectivity index (χ3v) is 3.69. The van der Waals surface area contributed by atoms with Gasteiger partial charge in [-0.15, -0.1) is 0 Å². The molecule has 128 valence electrons. The number of guanidine groups is 1. The molecule has 0 aromatic carbocycles. The highest BCUT2D eigenvalue weighted by atomic mass is 19.4. The number of nitrogens with one attached hydrogen (secondary N) is 1. The van der Waals surface area contributed by atoms with E-state index in [9.17, 15) is 13.2 Å². The second kappa shape index (κ2) is 8.03. The Balaban J connectivity index is 1.69. The second-order valence-corrected chi connectivity index (χ2v) is 5.50. The van der Waals surface area contributed by atoms with Gasteiger partial charge in [-0.3, -0.25) is 4.99 Å². The van der Waals surface area contributed by atoms with Gasteiger partial charge in [0, 0.05) is 32.4 Å². The summed E-state index contributed by atoms with van der Waals surface area (Å²) >= 11 is 0. The Morgan fingerprint density at radius 2 is 2.00 bits per heavy atom. The van der Waals surface area contributed by atoms with E-state index in [1.165, 1.54) is 12.5 Å². The third-order valence-electron chi connectivity index (χ3n) is 3.69. The van der Waals surface area contributed by atoms with Gasteiger partial charge >= 0.3 is 6.18 Å². The molecule has 5 nitrogen and oxygen atoms in total. The fraction of sp³-hybridized carbons (Fsp3) is 0.600. The van der Waals surface area contributed by atoms with Crippen LogP contribution in [-0.2, 0) is 6.18 Å². The van der Waals surface area contributed by atoms with Crippen molar-refractivity contribution in [2.75, 3.05) is 31.5 Å². The Bertz CT molecular complexity index is 507. The Morgan fingerprint density at radius 3 is 2.61 bits per heavy atom. The molecule has 0 aliphatic carbocycles. The van der Waals surface area contributed by atoms with Crippen LogP contribution >= 0.6 is 0 Å². The predicted molar refractivity (Wildman–Crippen MR) is 84.3 cm³/mol. The standard InChI is InChI=1S/C15H22F3N5/c16-15(17,18)12-5-6-13(22-11-12)20-7-4-8-21-14(19)23-9-2-1-3-10-23/h5-6,11H,1-4,7-10H2,(H2,19,21)(H,20,22). The van der Waals surface area contributed by atoms with Crippen LogP contribution in [0.3, 0.4) is 0 Å². The quantitative estimate of drug-likeness (QED) is 0.495. The third kappa shape index (κ3) is 5.61. The summed E-state index contributed by atoms with van der Waals surface area (Å²) in [5.74, 6) is 1.00. The lowest BCUT2D eigenvalue weighted by atomic mass is 10.1. The fourth-order valence-corrected chi connectivity index (χ4v) is 2.38. The zero-order chi connectivity index (χ0) is 16.7. The molecule has 1 aliphatic rings. The molecule has 1 aromatic heterocycles. The van der Waals surface area contributed by atoms with Gasteiger partial charge in [-0.2, -0.15) is 13.2 Å². The molecule has 8 heteroatoms. The highest BCUT2D eigenvalue weighted by molar-refractivity contribution is 5.78. The molecule has 1 aromatic rings. The van der Waals surface area contributed by atoms with Gasteiger partial charge in [0.25, 0.3) is 0 Å². The van der Waals surface area contributed by atoms with Crippen LogP contribution in [0.15, 0.2) is 23.3 Å². The van der Waals surface area contributed by atoms with Crippen molar-refractivity contribution in [3.63, 3.8) is 0 Å². The number of aliphatic imine (C=N–C) groups is 1. The summed E-state index contributed by atoms with van der Waals surface area (Å²) in [7, 11) is 0. The number of hydrogen-bond donors (Lipinski definition) is 2. The minimum atomic E-state index is -4.35. The van der Waals surface area contributed by atoms with Gasteiger partial charge in [0.2, 0.25) is 0 Å². The van der Waals surface area contributed by atoms with E-state index >= 15 is 0 Å². The van der Waals surface area contributed by atoms with Crippen molar-refractivity contribution in [3.8, 4) is 0 Å². The Labute approximate surface area is 133 Å². The molecule has 23 heavy (non-hydrogen) atoms. The van der Waals surface area contributed by atoms with Crippen molar-refractivity contribution < 1.29 is 13.2 Å². The smallest absolute Gasteiger partial charge is 0.370 e. The summed E-state index contributed by atoms with van der Waals surface area (Å²) in [6.45, 7) is 3.08. The molecule has 0 radical (unpaired) electrons. The second-order valence-electron chi connectivity index (χ2n) is 5.50. The highest BCUT2D eigenvalue weighted by Crippen LogP contribution is 2.28. The molecule has 2 heterocycles. The van der Waals surface area contributed by atoms with Crippen LogP contribution in [0.4, 0.5) is 19.0 Å². The molecule has 1 saturated heterocycles. The van der Waals surface area contributed by atoms with E-state index < -0.39 is 11.7 Å². The normalized spacial score (nSPS) is 16.5. The number of piperidine rings is 1. The molecule has 0 bridgehead atoms. The van der Waals surface area contributed by atoms with Crippen molar-refractivity contribution in [2.45, 2.75) is 31.9 Å².